The maximum Gasteiger partial charge on any atom is 0.250 e. The third-order valence-electron chi connectivity index (χ3n) is 3.84. The van der Waals surface area contributed by atoms with Crippen molar-refractivity contribution in [1.82, 2.24) is 19.8 Å². The SMILES string of the molecule is C=c1c(C)nn2nc(-c3ccc(NC(=O)COCCCC)cc3)nc12. The van der Waals surface area contributed by atoms with Crippen LogP contribution < -0.4 is 10.5 Å². The number of ether oxygens (including phenoxy) is 1. The number of carbonyl (C=O) groups is 1. The minimum atomic E-state index is -0.163. The third-order valence-corrected chi connectivity index (χ3v) is 3.84. The quantitative estimate of drug-likeness (QED) is 0.666. The minimum absolute atomic E-state index is 0.0660. The van der Waals surface area contributed by atoms with Crippen molar-refractivity contribution in [2.24, 2.45) is 0 Å². The van der Waals surface area contributed by atoms with E-state index in [1.54, 1.807) is 0 Å². The Balaban J connectivity index is 1.65. The topological polar surface area (TPSA) is 81.4 Å². The van der Waals surface area contributed by atoms with Gasteiger partial charge in [-0.3, -0.25) is 4.79 Å². The molecule has 3 aromatic rings. The molecule has 7 heteroatoms. The van der Waals surface area contributed by atoms with E-state index in [0.717, 1.165) is 29.3 Å². The molecule has 25 heavy (non-hydrogen) atoms. The van der Waals surface area contributed by atoms with E-state index >= 15 is 0 Å². The standard InChI is InChI=1S/C18H21N5O2/c1-4-5-10-25-11-16(24)19-15-8-6-14(7-9-15)17-20-18-12(2)13(3)21-23(18)22-17/h6-9H,2,4-5,10-11H2,1,3H3,(H,19,24). The van der Waals surface area contributed by atoms with Crippen molar-refractivity contribution in [2.75, 3.05) is 18.5 Å². The zero-order chi connectivity index (χ0) is 17.8. The fourth-order valence-electron chi connectivity index (χ4n) is 2.36. The molecule has 0 saturated carbocycles. The summed E-state index contributed by atoms with van der Waals surface area (Å²) in [4.78, 5) is 16.3. The van der Waals surface area contributed by atoms with E-state index in [9.17, 15) is 4.79 Å². The largest absolute Gasteiger partial charge is 0.372 e. The fourth-order valence-corrected chi connectivity index (χ4v) is 2.36. The zero-order valence-electron chi connectivity index (χ0n) is 14.5. The van der Waals surface area contributed by atoms with Gasteiger partial charge in [0.25, 0.3) is 0 Å². The van der Waals surface area contributed by atoms with Crippen LogP contribution >= 0.6 is 0 Å². The maximum absolute atomic E-state index is 11.8. The minimum Gasteiger partial charge on any atom is -0.372 e. The van der Waals surface area contributed by atoms with Gasteiger partial charge >= 0.3 is 0 Å². The van der Waals surface area contributed by atoms with Crippen molar-refractivity contribution in [1.29, 1.82) is 0 Å². The molecule has 0 atom stereocenters. The smallest absolute Gasteiger partial charge is 0.250 e. The molecule has 7 nitrogen and oxygen atoms in total. The highest BCUT2D eigenvalue weighted by Crippen LogP contribution is 2.18. The van der Waals surface area contributed by atoms with Crippen molar-refractivity contribution in [3.8, 4) is 11.4 Å². The van der Waals surface area contributed by atoms with Gasteiger partial charge in [0, 0.05) is 23.1 Å². The Bertz CT molecular complexity index is 917. The van der Waals surface area contributed by atoms with Crippen LogP contribution in [0.4, 0.5) is 5.69 Å². The first-order valence-electron chi connectivity index (χ1n) is 8.29. The summed E-state index contributed by atoms with van der Waals surface area (Å²) in [5, 5.41) is 12.2. The Hall–Kier alpha value is -2.80. The van der Waals surface area contributed by atoms with Gasteiger partial charge < -0.3 is 10.1 Å². The average Bonchev–Trinajstić information content (AvgIpc) is 3.12. The van der Waals surface area contributed by atoms with Crippen LogP contribution in [0.25, 0.3) is 23.6 Å². The lowest BCUT2D eigenvalue weighted by atomic mass is 10.2. The first kappa shape index (κ1) is 17.0. The molecular formula is C18H21N5O2. The number of rotatable bonds is 7. The van der Waals surface area contributed by atoms with E-state index in [4.69, 9.17) is 4.74 Å². The molecule has 0 aliphatic carbocycles. The second-order valence-corrected chi connectivity index (χ2v) is 5.84. The Morgan fingerprint density at radius 2 is 2.04 bits per heavy atom. The van der Waals surface area contributed by atoms with Crippen LogP contribution in [0.3, 0.4) is 0 Å². The number of amides is 1. The number of unbranched alkanes of at least 4 members (excludes halogenated alkanes) is 1. The number of benzene rings is 1. The van der Waals surface area contributed by atoms with Gasteiger partial charge in [-0.05, 0) is 37.6 Å². The third kappa shape index (κ3) is 3.83. The molecule has 1 N–H and O–H groups in total. The predicted octanol–water partition coefficient (Wildman–Crippen LogP) is 1.98. The van der Waals surface area contributed by atoms with Crippen molar-refractivity contribution in [2.45, 2.75) is 26.7 Å². The second-order valence-electron chi connectivity index (χ2n) is 5.84. The maximum atomic E-state index is 11.8. The molecular weight excluding hydrogens is 318 g/mol. The van der Waals surface area contributed by atoms with Crippen LogP contribution in [0.5, 0.6) is 0 Å². The van der Waals surface area contributed by atoms with Gasteiger partial charge in [-0.2, -0.15) is 5.10 Å². The number of carbonyl (C=O) groups excluding carboxylic acids is 1. The van der Waals surface area contributed by atoms with Crippen molar-refractivity contribution < 1.29 is 9.53 Å². The summed E-state index contributed by atoms with van der Waals surface area (Å²) in [5.74, 6) is 0.414. The highest BCUT2D eigenvalue weighted by molar-refractivity contribution is 5.91. The molecule has 0 aliphatic heterocycles. The van der Waals surface area contributed by atoms with Crippen LogP contribution in [0, 0.1) is 6.92 Å². The van der Waals surface area contributed by atoms with Crippen LogP contribution in [-0.2, 0) is 9.53 Å². The average molecular weight is 339 g/mol. The summed E-state index contributed by atoms with van der Waals surface area (Å²) in [6.07, 6.45) is 2.01. The van der Waals surface area contributed by atoms with Crippen LogP contribution in [0.2, 0.25) is 0 Å². The molecule has 2 aromatic heterocycles. The second kappa shape index (κ2) is 7.40. The monoisotopic (exact) mass is 339 g/mol. The lowest BCUT2D eigenvalue weighted by Crippen LogP contribution is -2.18. The van der Waals surface area contributed by atoms with Gasteiger partial charge in [0.05, 0.1) is 5.69 Å². The molecule has 130 valence electrons. The molecule has 3 rings (SSSR count). The number of nitrogens with zero attached hydrogens (tertiary/aromatic N) is 4. The van der Waals surface area contributed by atoms with Gasteiger partial charge in [-0.1, -0.05) is 19.9 Å². The molecule has 0 bridgehead atoms. The summed E-state index contributed by atoms with van der Waals surface area (Å²) in [6, 6.07) is 7.35. The number of fused-ring (bicyclic) bond motifs is 1. The van der Waals surface area contributed by atoms with E-state index in [0.29, 0.717) is 23.8 Å². The predicted molar refractivity (Wildman–Crippen MR) is 96.1 cm³/mol. The highest BCUT2D eigenvalue weighted by atomic mass is 16.5. The Kier molecular flexibility index (Phi) is 5.04. The van der Waals surface area contributed by atoms with Crippen molar-refractivity contribution in [3.05, 3.63) is 35.2 Å². The summed E-state index contributed by atoms with van der Waals surface area (Å²) < 4.78 is 6.80. The van der Waals surface area contributed by atoms with Gasteiger partial charge in [0.15, 0.2) is 11.5 Å². The van der Waals surface area contributed by atoms with E-state index in [-0.39, 0.29) is 12.5 Å². The number of nitrogens with one attached hydrogen (secondary N) is 1. The fraction of sp³-hybridized carbons (Fsp3) is 0.333. The van der Waals surface area contributed by atoms with E-state index in [1.165, 1.54) is 4.63 Å². The molecule has 1 aromatic carbocycles. The van der Waals surface area contributed by atoms with Gasteiger partial charge in [-0.15, -0.1) is 9.73 Å². The first-order valence-corrected chi connectivity index (χ1v) is 8.29. The summed E-state index contributed by atoms with van der Waals surface area (Å²) >= 11 is 0. The molecule has 0 spiro atoms. The Morgan fingerprint density at radius 1 is 1.28 bits per heavy atom. The first-order chi connectivity index (χ1) is 12.1. The van der Waals surface area contributed by atoms with E-state index in [2.05, 4.69) is 34.0 Å². The molecule has 0 saturated heterocycles. The van der Waals surface area contributed by atoms with Crippen LogP contribution in [0.15, 0.2) is 24.3 Å². The number of aryl methyl sites for hydroxylation is 1. The number of hydrogen-bond acceptors (Lipinski definition) is 5. The summed E-state index contributed by atoms with van der Waals surface area (Å²) in [6.45, 7) is 8.58. The van der Waals surface area contributed by atoms with E-state index in [1.807, 2.05) is 31.2 Å². The van der Waals surface area contributed by atoms with E-state index < -0.39 is 0 Å². The van der Waals surface area contributed by atoms with Crippen molar-refractivity contribution in [3.63, 3.8) is 0 Å². The van der Waals surface area contributed by atoms with Gasteiger partial charge in [0.1, 0.15) is 6.61 Å². The molecule has 1 amide bonds. The Labute approximate surface area is 145 Å². The summed E-state index contributed by atoms with van der Waals surface area (Å²) in [7, 11) is 0. The van der Waals surface area contributed by atoms with Gasteiger partial charge in [-0.25, -0.2) is 4.98 Å². The van der Waals surface area contributed by atoms with Crippen LogP contribution in [0.1, 0.15) is 25.5 Å². The highest BCUT2D eigenvalue weighted by Gasteiger charge is 2.11. The molecule has 0 aliphatic rings. The summed E-state index contributed by atoms with van der Waals surface area (Å²) in [5.41, 5.74) is 3.03. The normalized spacial score (nSPS) is 11.1. The Morgan fingerprint density at radius 3 is 2.72 bits per heavy atom. The van der Waals surface area contributed by atoms with Crippen molar-refractivity contribution >= 4 is 23.8 Å². The zero-order valence-corrected chi connectivity index (χ0v) is 14.5. The molecule has 0 unspecified atom stereocenters. The molecule has 0 fully saturated rings. The van der Waals surface area contributed by atoms with Gasteiger partial charge in [0.2, 0.25) is 5.91 Å². The molecule has 2 heterocycles. The lowest BCUT2D eigenvalue weighted by molar-refractivity contribution is -0.120. The number of hydrogen-bond donors (Lipinski definition) is 1. The van der Waals surface area contributed by atoms with Crippen LogP contribution in [-0.4, -0.2) is 38.9 Å². The lowest BCUT2D eigenvalue weighted by Gasteiger charge is -2.06. The number of anilines is 1. The number of aromatic nitrogens is 4. The molecule has 0 radical (unpaired) electrons.